The van der Waals surface area contributed by atoms with Gasteiger partial charge in [0.05, 0.1) is 0 Å². The zero-order valence-corrected chi connectivity index (χ0v) is 9.85. The first kappa shape index (κ1) is 11.2. The van der Waals surface area contributed by atoms with E-state index in [9.17, 15) is 0 Å². The van der Waals surface area contributed by atoms with Crippen molar-refractivity contribution in [3.63, 3.8) is 0 Å². The minimum absolute atomic E-state index is 0.696. The van der Waals surface area contributed by atoms with E-state index in [1.165, 1.54) is 0 Å². The van der Waals surface area contributed by atoms with Gasteiger partial charge in [0, 0.05) is 18.9 Å². The Morgan fingerprint density at radius 3 is 2.00 bits per heavy atom. The van der Waals surface area contributed by atoms with Gasteiger partial charge in [-0.2, -0.15) is 0 Å². The molecule has 0 unspecified atom stereocenters. The molecule has 0 aliphatic heterocycles. The Labute approximate surface area is 86.7 Å². The number of rotatable bonds is 5. The summed E-state index contributed by atoms with van der Waals surface area (Å²) in [5.41, 5.74) is 6.38. The number of hydrogen-bond donors (Lipinski definition) is 1. The van der Waals surface area contributed by atoms with E-state index in [2.05, 4.69) is 0 Å². The molecule has 0 saturated heterocycles. The zero-order chi connectivity index (χ0) is 10.4. The van der Waals surface area contributed by atoms with E-state index < -0.39 is 9.28 Å². The second kappa shape index (κ2) is 5.80. The van der Waals surface area contributed by atoms with Crippen molar-refractivity contribution in [2.24, 2.45) is 0 Å². The fourth-order valence-electron chi connectivity index (χ4n) is 1.20. The summed E-state index contributed by atoms with van der Waals surface area (Å²) in [6.07, 6.45) is 0. The quantitative estimate of drug-likeness (QED) is 0.578. The molecule has 1 aromatic carbocycles. The van der Waals surface area contributed by atoms with Crippen molar-refractivity contribution in [1.29, 1.82) is 0 Å². The molecule has 0 radical (unpaired) electrons. The van der Waals surface area contributed by atoms with Gasteiger partial charge in [0.2, 0.25) is 0 Å². The maximum atomic E-state index is 5.61. The first-order valence-electron chi connectivity index (χ1n) is 4.86. The molecule has 0 fully saturated rings. The van der Waals surface area contributed by atoms with Gasteiger partial charge >= 0.3 is 9.28 Å². The van der Waals surface area contributed by atoms with Gasteiger partial charge in [0.15, 0.2) is 0 Å². The van der Waals surface area contributed by atoms with E-state index in [0.29, 0.717) is 13.2 Å². The molecule has 0 aliphatic rings. The highest BCUT2D eigenvalue weighted by Crippen LogP contribution is 1.99. The van der Waals surface area contributed by atoms with Gasteiger partial charge in [-0.1, -0.05) is 12.1 Å². The summed E-state index contributed by atoms with van der Waals surface area (Å²) in [6, 6.07) is 7.73. The molecule has 2 N–H and O–H groups in total. The number of nitrogens with two attached hydrogens (primary N) is 1. The van der Waals surface area contributed by atoms with Gasteiger partial charge in [-0.25, -0.2) is 0 Å². The maximum Gasteiger partial charge on any atom is 0.355 e. The van der Waals surface area contributed by atoms with Crippen LogP contribution in [0.2, 0.25) is 0 Å². The predicted molar refractivity (Wildman–Crippen MR) is 60.9 cm³/mol. The third-order valence-electron chi connectivity index (χ3n) is 1.84. The summed E-state index contributed by atoms with van der Waals surface area (Å²) in [6.45, 7) is 5.36. The Morgan fingerprint density at radius 2 is 1.57 bits per heavy atom. The molecule has 1 aromatic rings. The molecule has 0 spiro atoms. The summed E-state index contributed by atoms with van der Waals surface area (Å²) in [7, 11) is -1.67. The lowest BCUT2D eigenvalue weighted by Gasteiger charge is -2.14. The van der Waals surface area contributed by atoms with Gasteiger partial charge in [-0.15, -0.1) is 0 Å². The third-order valence-corrected chi connectivity index (χ3v) is 4.05. The Hall–Kier alpha value is -0.843. The van der Waals surface area contributed by atoms with Crippen LogP contribution in [-0.2, 0) is 8.85 Å². The minimum atomic E-state index is -1.67. The van der Waals surface area contributed by atoms with Crippen LogP contribution in [0.4, 0.5) is 5.69 Å². The highest BCUT2D eigenvalue weighted by Gasteiger charge is 2.14. The zero-order valence-electron chi connectivity index (χ0n) is 8.69. The Kier molecular flexibility index (Phi) is 4.65. The summed E-state index contributed by atoms with van der Waals surface area (Å²) < 4.78 is 11.2. The molecule has 78 valence electrons. The van der Waals surface area contributed by atoms with E-state index in [-0.39, 0.29) is 0 Å². The van der Waals surface area contributed by atoms with Crippen molar-refractivity contribution in [2.45, 2.75) is 13.8 Å². The molecular weight excluding hydrogens is 194 g/mol. The largest absolute Gasteiger partial charge is 0.399 e. The number of benzene rings is 1. The van der Waals surface area contributed by atoms with Crippen LogP contribution >= 0.6 is 0 Å². The molecule has 0 aliphatic carbocycles. The monoisotopic (exact) mass is 211 g/mol. The fourth-order valence-corrected chi connectivity index (χ4v) is 2.79. The van der Waals surface area contributed by atoms with Gasteiger partial charge in [0.25, 0.3) is 0 Å². The molecule has 1 rings (SSSR count). The predicted octanol–water partition coefficient (Wildman–Crippen LogP) is 0.769. The normalized spacial score (nSPS) is 10.8. The second-order valence-electron chi connectivity index (χ2n) is 2.91. The smallest absolute Gasteiger partial charge is 0.355 e. The van der Waals surface area contributed by atoms with Crippen molar-refractivity contribution in [1.82, 2.24) is 0 Å². The average Bonchev–Trinajstić information content (AvgIpc) is 2.19. The molecule has 0 atom stereocenters. The summed E-state index contributed by atoms with van der Waals surface area (Å²) >= 11 is 0. The van der Waals surface area contributed by atoms with Gasteiger partial charge in [-0.05, 0) is 31.2 Å². The number of hydrogen-bond acceptors (Lipinski definition) is 3. The van der Waals surface area contributed by atoms with Crippen LogP contribution in [0.3, 0.4) is 0 Å². The van der Waals surface area contributed by atoms with E-state index in [1.807, 2.05) is 38.1 Å². The SMILES string of the molecule is CCO[SiH](OCC)c1ccc(N)cc1. The van der Waals surface area contributed by atoms with Crippen LogP contribution in [0.1, 0.15) is 13.8 Å². The van der Waals surface area contributed by atoms with E-state index in [1.54, 1.807) is 0 Å². The topological polar surface area (TPSA) is 44.5 Å². The molecule has 14 heavy (non-hydrogen) atoms. The molecular formula is C10H17NO2Si. The first-order valence-corrected chi connectivity index (χ1v) is 6.38. The van der Waals surface area contributed by atoms with Crippen molar-refractivity contribution in [3.05, 3.63) is 24.3 Å². The number of nitrogen functional groups attached to an aromatic ring is 1. The molecule has 4 heteroatoms. The average molecular weight is 211 g/mol. The lowest BCUT2D eigenvalue weighted by Crippen LogP contribution is -2.36. The van der Waals surface area contributed by atoms with Crippen LogP contribution < -0.4 is 10.9 Å². The Balaban J connectivity index is 2.71. The van der Waals surface area contributed by atoms with Crippen molar-refractivity contribution in [2.75, 3.05) is 18.9 Å². The van der Waals surface area contributed by atoms with Crippen LogP contribution in [-0.4, -0.2) is 22.5 Å². The van der Waals surface area contributed by atoms with E-state index in [4.69, 9.17) is 14.6 Å². The highest BCUT2D eigenvalue weighted by atomic mass is 28.3. The van der Waals surface area contributed by atoms with Crippen LogP contribution in [0.15, 0.2) is 24.3 Å². The standard InChI is InChI=1S/C10H17NO2Si/c1-3-12-14(13-4-2)10-7-5-9(11)6-8-10/h5-8,14H,3-4,11H2,1-2H3. The van der Waals surface area contributed by atoms with Crippen LogP contribution in [0.5, 0.6) is 0 Å². The van der Waals surface area contributed by atoms with E-state index >= 15 is 0 Å². The Bertz CT molecular complexity index is 257. The number of anilines is 1. The molecule has 0 amide bonds. The first-order chi connectivity index (χ1) is 6.77. The highest BCUT2D eigenvalue weighted by molar-refractivity contribution is 6.61. The molecule has 3 nitrogen and oxygen atoms in total. The molecule has 0 saturated carbocycles. The van der Waals surface area contributed by atoms with Crippen LogP contribution in [0, 0.1) is 0 Å². The lowest BCUT2D eigenvalue weighted by atomic mass is 10.3. The van der Waals surface area contributed by atoms with Gasteiger partial charge in [-0.3, -0.25) is 0 Å². The van der Waals surface area contributed by atoms with Crippen molar-refractivity contribution < 1.29 is 8.85 Å². The summed E-state index contributed by atoms with van der Waals surface area (Å²) in [5, 5.41) is 1.14. The van der Waals surface area contributed by atoms with Gasteiger partial charge in [0.1, 0.15) is 0 Å². The van der Waals surface area contributed by atoms with Crippen molar-refractivity contribution >= 4 is 20.2 Å². The van der Waals surface area contributed by atoms with Crippen molar-refractivity contribution in [3.8, 4) is 0 Å². The minimum Gasteiger partial charge on any atom is -0.399 e. The molecule has 0 aromatic heterocycles. The van der Waals surface area contributed by atoms with E-state index in [0.717, 1.165) is 10.9 Å². The fraction of sp³-hybridized carbons (Fsp3) is 0.400. The lowest BCUT2D eigenvalue weighted by molar-refractivity contribution is 0.225. The summed E-state index contributed by atoms with van der Waals surface area (Å²) in [5.74, 6) is 0. The summed E-state index contributed by atoms with van der Waals surface area (Å²) in [4.78, 5) is 0. The van der Waals surface area contributed by atoms with Gasteiger partial charge < -0.3 is 14.6 Å². The third kappa shape index (κ3) is 3.14. The maximum absolute atomic E-state index is 5.61. The second-order valence-corrected chi connectivity index (χ2v) is 4.91. The molecule has 0 heterocycles. The Morgan fingerprint density at radius 1 is 1.07 bits per heavy atom. The van der Waals surface area contributed by atoms with Crippen LogP contribution in [0.25, 0.3) is 0 Å². The molecule has 0 bridgehead atoms.